The van der Waals surface area contributed by atoms with E-state index in [1.807, 2.05) is 24.3 Å². The topological polar surface area (TPSA) is 20.3 Å². The molecule has 1 aromatic rings. The SMILES string of the molecule is O=C(c1ccc(I)cc1)N1CCC2CCCCC21. The minimum absolute atomic E-state index is 0.237. The van der Waals surface area contributed by atoms with Gasteiger partial charge in [0.15, 0.2) is 0 Å². The molecule has 18 heavy (non-hydrogen) atoms. The number of fused-ring (bicyclic) bond motifs is 1. The van der Waals surface area contributed by atoms with Crippen LogP contribution in [0.1, 0.15) is 42.5 Å². The molecule has 1 aliphatic heterocycles. The highest BCUT2D eigenvalue weighted by Crippen LogP contribution is 2.36. The van der Waals surface area contributed by atoms with Gasteiger partial charge in [-0.25, -0.2) is 0 Å². The molecule has 96 valence electrons. The van der Waals surface area contributed by atoms with Crippen LogP contribution < -0.4 is 0 Å². The fourth-order valence-electron chi connectivity index (χ4n) is 3.42. The fourth-order valence-corrected chi connectivity index (χ4v) is 3.78. The van der Waals surface area contributed by atoms with Gasteiger partial charge in [-0.05, 0) is 72.0 Å². The van der Waals surface area contributed by atoms with E-state index < -0.39 is 0 Å². The van der Waals surface area contributed by atoms with Crippen LogP contribution in [0.15, 0.2) is 24.3 Å². The Bertz CT molecular complexity index is 442. The Morgan fingerprint density at radius 3 is 2.61 bits per heavy atom. The van der Waals surface area contributed by atoms with Gasteiger partial charge in [0.05, 0.1) is 0 Å². The Morgan fingerprint density at radius 1 is 1.11 bits per heavy atom. The smallest absolute Gasteiger partial charge is 0.254 e. The fraction of sp³-hybridized carbons (Fsp3) is 0.533. The Hall–Kier alpha value is -0.580. The van der Waals surface area contributed by atoms with Crippen molar-refractivity contribution in [2.45, 2.75) is 38.1 Å². The number of carbonyl (C=O) groups excluding carboxylic acids is 1. The van der Waals surface area contributed by atoms with Crippen LogP contribution in [0.25, 0.3) is 0 Å². The number of amides is 1. The number of carbonyl (C=O) groups is 1. The van der Waals surface area contributed by atoms with Crippen LogP contribution in [-0.2, 0) is 0 Å². The van der Waals surface area contributed by atoms with Crippen LogP contribution in [0.4, 0.5) is 0 Å². The summed E-state index contributed by atoms with van der Waals surface area (Å²) < 4.78 is 1.18. The van der Waals surface area contributed by atoms with Crippen molar-refractivity contribution in [3.05, 3.63) is 33.4 Å². The average Bonchev–Trinajstić information content (AvgIpc) is 2.82. The lowest BCUT2D eigenvalue weighted by atomic mass is 9.85. The summed E-state index contributed by atoms with van der Waals surface area (Å²) in [4.78, 5) is 14.7. The molecule has 1 heterocycles. The van der Waals surface area contributed by atoms with E-state index in [2.05, 4.69) is 27.5 Å². The van der Waals surface area contributed by atoms with Crippen molar-refractivity contribution in [1.82, 2.24) is 4.90 Å². The van der Waals surface area contributed by atoms with Gasteiger partial charge in [0, 0.05) is 21.7 Å². The molecule has 2 unspecified atom stereocenters. The maximum Gasteiger partial charge on any atom is 0.254 e. The minimum Gasteiger partial charge on any atom is -0.335 e. The van der Waals surface area contributed by atoms with Crippen molar-refractivity contribution in [3.63, 3.8) is 0 Å². The van der Waals surface area contributed by atoms with Crippen molar-refractivity contribution in [1.29, 1.82) is 0 Å². The summed E-state index contributed by atoms with van der Waals surface area (Å²) in [6, 6.07) is 8.47. The first-order valence-electron chi connectivity index (χ1n) is 6.82. The Balaban J connectivity index is 1.78. The van der Waals surface area contributed by atoms with Gasteiger partial charge in [-0.15, -0.1) is 0 Å². The third kappa shape index (κ3) is 2.29. The molecule has 2 atom stereocenters. The quantitative estimate of drug-likeness (QED) is 0.704. The van der Waals surface area contributed by atoms with Gasteiger partial charge in [0.1, 0.15) is 0 Å². The monoisotopic (exact) mass is 355 g/mol. The zero-order valence-corrected chi connectivity index (χ0v) is 12.6. The van der Waals surface area contributed by atoms with Crippen LogP contribution >= 0.6 is 22.6 Å². The molecular weight excluding hydrogens is 337 g/mol. The lowest BCUT2D eigenvalue weighted by molar-refractivity contribution is 0.0690. The second-order valence-electron chi connectivity index (χ2n) is 5.41. The molecule has 0 N–H and O–H groups in total. The van der Waals surface area contributed by atoms with Gasteiger partial charge < -0.3 is 4.90 Å². The summed E-state index contributed by atoms with van der Waals surface area (Å²) in [5.74, 6) is 1.01. The van der Waals surface area contributed by atoms with E-state index in [1.54, 1.807) is 0 Å². The van der Waals surface area contributed by atoms with Crippen LogP contribution in [0.2, 0.25) is 0 Å². The molecule has 2 fully saturated rings. The molecular formula is C15H18INO. The maximum absolute atomic E-state index is 12.5. The summed E-state index contributed by atoms with van der Waals surface area (Å²) in [6.45, 7) is 0.958. The summed E-state index contributed by atoms with van der Waals surface area (Å²) in [5, 5.41) is 0. The van der Waals surface area contributed by atoms with Crippen molar-refractivity contribution in [3.8, 4) is 0 Å². The average molecular weight is 355 g/mol. The van der Waals surface area contributed by atoms with Gasteiger partial charge >= 0.3 is 0 Å². The standard InChI is InChI=1S/C15H18INO/c16-13-7-5-12(6-8-13)15(18)17-10-9-11-3-1-2-4-14(11)17/h5-8,11,14H,1-4,9-10H2. The van der Waals surface area contributed by atoms with Crippen LogP contribution in [0.3, 0.4) is 0 Å². The minimum atomic E-state index is 0.237. The molecule has 0 radical (unpaired) electrons. The zero-order chi connectivity index (χ0) is 12.5. The molecule has 3 rings (SSSR count). The number of rotatable bonds is 1. The molecule has 3 heteroatoms. The molecule has 0 spiro atoms. The van der Waals surface area contributed by atoms with Gasteiger partial charge in [-0.3, -0.25) is 4.79 Å². The van der Waals surface area contributed by atoms with E-state index in [4.69, 9.17) is 0 Å². The normalized spacial score (nSPS) is 27.1. The number of hydrogen-bond acceptors (Lipinski definition) is 1. The first kappa shape index (κ1) is 12.5. The molecule has 1 saturated carbocycles. The second kappa shape index (κ2) is 5.19. The lowest BCUT2D eigenvalue weighted by Gasteiger charge is -2.31. The van der Waals surface area contributed by atoms with E-state index in [9.17, 15) is 4.79 Å². The van der Waals surface area contributed by atoms with E-state index in [0.29, 0.717) is 6.04 Å². The summed E-state index contributed by atoms with van der Waals surface area (Å²) >= 11 is 2.27. The predicted molar refractivity (Wildman–Crippen MR) is 80.6 cm³/mol. The van der Waals surface area contributed by atoms with Gasteiger partial charge in [-0.2, -0.15) is 0 Å². The zero-order valence-electron chi connectivity index (χ0n) is 10.4. The molecule has 1 aromatic carbocycles. The Labute approximate surface area is 122 Å². The highest BCUT2D eigenvalue weighted by atomic mass is 127. The Morgan fingerprint density at radius 2 is 1.83 bits per heavy atom. The summed E-state index contributed by atoms with van der Waals surface area (Å²) in [7, 11) is 0. The van der Waals surface area contributed by atoms with Crippen molar-refractivity contribution < 1.29 is 4.79 Å². The van der Waals surface area contributed by atoms with E-state index in [-0.39, 0.29) is 5.91 Å². The number of likely N-dealkylation sites (tertiary alicyclic amines) is 1. The molecule has 0 aromatic heterocycles. The molecule has 1 saturated heterocycles. The van der Waals surface area contributed by atoms with Gasteiger partial charge in [-0.1, -0.05) is 12.8 Å². The Kier molecular flexibility index (Phi) is 3.59. The third-order valence-corrected chi connectivity index (χ3v) is 5.08. The number of halogens is 1. The lowest BCUT2D eigenvalue weighted by Crippen LogP contribution is -2.39. The highest BCUT2D eigenvalue weighted by molar-refractivity contribution is 14.1. The largest absolute Gasteiger partial charge is 0.335 e. The number of nitrogens with zero attached hydrogens (tertiary/aromatic N) is 1. The van der Waals surface area contributed by atoms with Crippen LogP contribution in [0, 0.1) is 9.49 Å². The summed E-state index contributed by atoms with van der Waals surface area (Å²) in [6.07, 6.45) is 6.38. The van der Waals surface area contributed by atoms with Crippen LogP contribution in [-0.4, -0.2) is 23.4 Å². The van der Waals surface area contributed by atoms with Gasteiger partial charge in [0.2, 0.25) is 0 Å². The van der Waals surface area contributed by atoms with Crippen molar-refractivity contribution in [2.75, 3.05) is 6.54 Å². The molecule has 2 aliphatic rings. The van der Waals surface area contributed by atoms with Gasteiger partial charge in [0.25, 0.3) is 5.91 Å². The van der Waals surface area contributed by atoms with Crippen molar-refractivity contribution >= 4 is 28.5 Å². The molecule has 1 amide bonds. The predicted octanol–water partition coefficient (Wildman–Crippen LogP) is 3.70. The molecule has 0 bridgehead atoms. The first-order chi connectivity index (χ1) is 8.75. The second-order valence-corrected chi connectivity index (χ2v) is 6.65. The third-order valence-electron chi connectivity index (χ3n) is 4.36. The van der Waals surface area contributed by atoms with E-state index in [0.717, 1.165) is 18.0 Å². The highest BCUT2D eigenvalue weighted by Gasteiger charge is 2.38. The number of hydrogen-bond donors (Lipinski definition) is 0. The maximum atomic E-state index is 12.5. The molecule has 2 nitrogen and oxygen atoms in total. The van der Waals surface area contributed by atoms with Crippen LogP contribution in [0.5, 0.6) is 0 Å². The van der Waals surface area contributed by atoms with E-state index >= 15 is 0 Å². The number of benzene rings is 1. The molecule has 1 aliphatic carbocycles. The summed E-state index contributed by atoms with van der Waals surface area (Å²) in [5.41, 5.74) is 0.849. The van der Waals surface area contributed by atoms with E-state index in [1.165, 1.54) is 35.7 Å². The van der Waals surface area contributed by atoms with Crippen molar-refractivity contribution in [2.24, 2.45) is 5.92 Å². The first-order valence-corrected chi connectivity index (χ1v) is 7.90.